The molecule has 2 rings (SSSR count). The number of H-pyrrole nitrogens is 1. The van der Waals surface area contributed by atoms with Crippen LogP contribution in [-0.2, 0) is 15.9 Å². The zero-order chi connectivity index (χ0) is 18.5. The molecule has 0 saturated carbocycles. The zero-order valence-corrected chi connectivity index (χ0v) is 19.1. The highest BCUT2D eigenvalue weighted by Gasteiger charge is 2.13. The van der Waals surface area contributed by atoms with Crippen LogP contribution in [0.15, 0.2) is 11.2 Å². The first-order chi connectivity index (χ1) is 12.8. The third-order valence-electron chi connectivity index (χ3n) is 4.61. The maximum absolute atomic E-state index is 5.80. The summed E-state index contributed by atoms with van der Waals surface area (Å²) in [7, 11) is 0. The number of aryl methyl sites for hydroxylation is 2. The average Bonchev–Trinajstić information content (AvgIpc) is 3.07. The number of ether oxygens (including phenoxy) is 2. The Morgan fingerprint density at radius 2 is 2.15 bits per heavy atom. The van der Waals surface area contributed by atoms with E-state index in [9.17, 15) is 0 Å². The van der Waals surface area contributed by atoms with Crippen molar-refractivity contribution < 1.29 is 9.47 Å². The van der Waals surface area contributed by atoms with Gasteiger partial charge in [0.1, 0.15) is 0 Å². The maximum atomic E-state index is 5.80. The number of halogens is 1. The van der Waals surface area contributed by atoms with Gasteiger partial charge in [0.05, 0.1) is 6.20 Å². The van der Waals surface area contributed by atoms with Crippen LogP contribution >= 0.6 is 24.0 Å². The topological polar surface area (TPSA) is 83.6 Å². The first-order valence-electron chi connectivity index (χ1n) is 9.96. The number of hydrogen-bond acceptors (Lipinski definition) is 4. The van der Waals surface area contributed by atoms with E-state index in [0.29, 0.717) is 5.92 Å². The molecule has 0 aromatic carbocycles. The molecule has 1 aliphatic rings. The predicted octanol–water partition coefficient (Wildman–Crippen LogP) is 2.66. The number of hydrogen-bond donors (Lipinski definition) is 3. The number of aromatic nitrogens is 2. The molecule has 7 nitrogen and oxygen atoms in total. The Hall–Kier alpha value is -0.870. The number of nitrogens with one attached hydrogen (secondary N) is 3. The summed E-state index contributed by atoms with van der Waals surface area (Å²) in [6, 6.07) is 0. The number of nitrogens with zero attached hydrogens (tertiary/aromatic N) is 2. The largest absolute Gasteiger partial charge is 0.381 e. The highest BCUT2D eigenvalue weighted by Crippen LogP contribution is 2.14. The monoisotopic (exact) mass is 493 g/mol. The Morgan fingerprint density at radius 1 is 1.33 bits per heavy atom. The van der Waals surface area contributed by atoms with E-state index >= 15 is 0 Å². The Morgan fingerprint density at radius 3 is 2.85 bits per heavy atom. The molecule has 0 unspecified atom stereocenters. The average molecular weight is 493 g/mol. The van der Waals surface area contributed by atoms with Crippen molar-refractivity contribution in [2.75, 3.05) is 46.1 Å². The number of aliphatic imine (C=N–C) groups is 1. The van der Waals surface area contributed by atoms with Crippen molar-refractivity contribution in [3.63, 3.8) is 0 Å². The molecule has 3 N–H and O–H groups in total. The molecule has 0 atom stereocenters. The van der Waals surface area contributed by atoms with Gasteiger partial charge in [0.15, 0.2) is 5.96 Å². The summed E-state index contributed by atoms with van der Waals surface area (Å²) in [5.41, 5.74) is 2.43. The summed E-state index contributed by atoms with van der Waals surface area (Å²) in [5, 5.41) is 13.7. The quantitative estimate of drug-likeness (QED) is 0.191. The Balaban J connectivity index is 0.00000364. The van der Waals surface area contributed by atoms with E-state index in [4.69, 9.17) is 9.47 Å². The summed E-state index contributed by atoms with van der Waals surface area (Å²) < 4.78 is 11.2. The highest BCUT2D eigenvalue weighted by molar-refractivity contribution is 14.0. The minimum absolute atomic E-state index is 0. The zero-order valence-electron chi connectivity index (χ0n) is 16.8. The Kier molecular flexibility index (Phi) is 13.5. The fourth-order valence-corrected chi connectivity index (χ4v) is 2.97. The van der Waals surface area contributed by atoms with E-state index in [1.54, 1.807) is 0 Å². The van der Waals surface area contributed by atoms with Gasteiger partial charge in [0.2, 0.25) is 0 Å². The van der Waals surface area contributed by atoms with Crippen molar-refractivity contribution >= 4 is 29.9 Å². The van der Waals surface area contributed by atoms with Crippen molar-refractivity contribution in [1.82, 2.24) is 20.8 Å². The second-order valence-corrected chi connectivity index (χ2v) is 6.80. The van der Waals surface area contributed by atoms with E-state index < -0.39 is 0 Å². The van der Waals surface area contributed by atoms with Gasteiger partial charge in [-0.25, -0.2) is 0 Å². The van der Waals surface area contributed by atoms with Gasteiger partial charge in [-0.05, 0) is 57.4 Å². The van der Waals surface area contributed by atoms with Crippen LogP contribution in [0, 0.1) is 12.8 Å². The SMILES string of the molecule is CCNC(=NCCCc1cn[nH]c1C)NCCCOCC1CCOCC1.I. The predicted molar refractivity (Wildman–Crippen MR) is 120 cm³/mol. The van der Waals surface area contributed by atoms with Crippen LogP contribution in [0.3, 0.4) is 0 Å². The van der Waals surface area contributed by atoms with Crippen LogP contribution in [0.5, 0.6) is 0 Å². The minimum atomic E-state index is 0. The summed E-state index contributed by atoms with van der Waals surface area (Å²) in [4.78, 5) is 4.64. The number of rotatable bonds is 11. The number of aromatic amines is 1. The van der Waals surface area contributed by atoms with Crippen molar-refractivity contribution in [2.45, 2.75) is 46.0 Å². The lowest BCUT2D eigenvalue weighted by molar-refractivity contribution is 0.0203. The molecule has 1 aromatic rings. The lowest BCUT2D eigenvalue weighted by atomic mass is 10.0. The fraction of sp³-hybridized carbons (Fsp3) is 0.789. The molecule has 0 aliphatic carbocycles. The van der Waals surface area contributed by atoms with Gasteiger partial charge in [-0.1, -0.05) is 0 Å². The first-order valence-corrected chi connectivity index (χ1v) is 9.96. The molecule has 1 aromatic heterocycles. The summed E-state index contributed by atoms with van der Waals surface area (Å²) in [6.45, 7) is 10.1. The van der Waals surface area contributed by atoms with Crippen molar-refractivity contribution in [2.24, 2.45) is 10.9 Å². The van der Waals surface area contributed by atoms with Crippen molar-refractivity contribution in [3.05, 3.63) is 17.5 Å². The summed E-state index contributed by atoms with van der Waals surface area (Å²) >= 11 is 0. The minimum Gasteiger partial charge on any atom is -0.381 e. The first kappa shape index (κ1) is 24.2. The van der Waals surface area contributed by atoms with Crippen molar-refractivity contribution in [1.29, 1.82) is 0 Å². The van der Waals surface area contributed by atoms with Gasteiger partial charge in [-0.15, -0.1) is 24.0 Å². The van der Waals surface area contributed by atoms with Crippen LogP contribution in [0.25, 0.3) is 0 Å². The Bertz CT molecular complexity index is 518. The van der Waals surface area contributed by atoms with E-state index in [1.807, 2.05) is 6.20 Å². The lowest BCUT2D eigenvalue weighted by Gasteiger charge is -2.21. The maximum Gasteiger partial charge on any atom is 0.191 e. The molecule has 8 heteroatoms. The van der Waals surface area contributed by atoms with Crippen molar-refractivity contribution in [3.8, 4) is 0 Å². The fourth-order valence-electron chi connectivity index (χ4n) is 2.97. The van der Waals surface area contributed by atoms with Gasteiger partial charge in [-0.2, -0.15) is 5.10 Å². The van der Waals surface area contributed by atoms with Gasteiger partial charge in [0.25, 0.3) is 0 Å². The van der Waals surface area contributed by atoms with Gasteiger partial charge >= 0.3 is 0 Å². The van der Waals surface area contributed by atoms with E-state index in [-0.39, 0.29) is 24.0 Å². The second kappa shape index (κ2) is 15.1. The molecule has 156 valence electrons. The number of guanidine groups is 1. The normalized spacial score (nSPS) is 15.4. The van der Waals surface area contributed by atoms with Crippen LogP contribution in [-0.4, -0.2) is 62.2 Å². The molecule has 0 spiro atoms. The second-order valence-electron chi connectivity index (χ2n) is 6.80. The third kappa shape index (κ3) is 10.3. The Labute approximate surface area is 180 Å². The molecule has 1 saturated heterocycles. The standard InChI is InChI=1S/C19H35N5O2.HI/c1-3-20-19(21-9-4-6-18-14-23-24-16(18)2)22-10-5-11-26-15-17-7-12-25-13-8-17;/h14,17H,3-13,15H2,1-2H3,(H,23,24)(H2,20,21,22);1H. The summed E-state index contributed by atoms with van der Waals surface area (Å²) in [6.07, 6.45) is 7.18. The van der Waals surface area contributed by atoms with Crippen LogP contribution < -0.4 is 10.6 Å². The summed E-state index contributed by atoms with van der Waals surface area (Å²) in [5.74, 6) is 1.57. The van der Waals surface area contributed by atoms with Crippen LogP contribution in [0.4, 0.5) is 0 Å². The highest BCUT2D eigenvalue weighted by atomic mass is 127. The smallest absolute Gasteiger partial charge is 0.191 e. The van der Waals surface area contributed by atoms with E-state index in [0.717, 1.165) is 89.8 Å². The molecule has 0 bridgehead atoms. The third-order valence-corrected chi connectivity index (χ3v) is 4.61. The molecule has 0 radical (unpaired) electrons. The van der Waals surface area contributed by atoms with Gasteiger partial charge in [0, 0.05) is 51.8 Å². The van der Waals surface area contributed by atoms with Gasteiger partial charge in [-0.3, -0.25) is 10.1 Å². The molecular formula is C19H36IN5O2. The molecular weight excluding hydrogens is 457 g/mol. The molecule has 27 heavy (non-hydrogen) atoms. The van der Waals surface area contributed by atoms with Gasteiger partial charge < -0.3 is 20.1 Å². The van der Waals surface area contributed by atoms with Crippen LogP contribution in [0.1, 0.15) is 43.9 Å². The molecule has 1 fully saturated rings. The molecule has 0 amide bonds. The van der Waals surface area contributed by atoms with Crippen LogP contribution in [0.2, 0.25) is 0 Å². The van der Waals surface area contributed by atoms with E-state index in [2.05, 4.69) is 39.7 Å². The molecule has 2 heterocycles. The lowest BCUT2D eigenvalue weighted by Crippen LogP contribution is -2.38. The van der Waals surface area contributed by atoms with E-state index in [1.165, 1.54) is 5.56 Å². The molecule has 1 aliphatic heterocycles.